The molecule has 0 rings (SSSR count). The Morgan fingerprint density at radius 2 is 2.20 bits per heavy atom. The molecule has 3 heteroatoms. The Bertz CT molecular complexity index is 106. The maximum Gasteiger partial charge on any atom is 0.0774 e. The van der Waals surface area contributed by atoms with E-state index in [0.29, 0.717) is 0 Å². The molecule has 0 aliphatic carbocycles. The fourth-order valence-electron chi connectivity index (χ4n) is 0.623. The van der Waals surface area contributed by atoms with Gasteiger partial charge >= 0.3 is 0 Å². The summed E-state index contributed by atoms with van der Waals surface area (Å²) in [6.45, 7) is 3.70. The third kappa shape index (κ3) is 3.80. The highest BCUT2D eigenvalue weighted by atomic mass is 32.1. The number of nitrogens with zero attached hydrogens (tertiary/aromatic N) is 1. The normalized spacial score (nSPS) is 9.50. The summed E-state index contributed by atoms with van der Waals surface area (Å²) in [5, 5.41) is 0. The molecule has 0 unspecified atom stereocenters. The van der Waals surface area contributed by atoms with Gasteiger partial charge in [0.15, 0.2) is 0 Å². The van der Waals surface area contributed by atoms with Gasteiger partial charge in [0.25, 0.3) is 0 Å². The van der Waals surface area contributed by atoms with Crippen LogP contribution in [0.5, 0.6) is 0 Å². The minimum atomic E-state index is 0.747. The van der Waals surface area contributed by atoms with Crippen LogP contribution in [0.3, 0.4) is 0 Å². The lowest BCUT2D eigenvalue weighted by Gasteiger charge is -2.17. The van der Waals surface area contributed by atoms with Gasteiger partial charge in [-0.1, -0.05) is 19.1 Å². The third-order valence-electron chi connectivity index (χ3n) is 1.36. The molecular weight excluding hydrogens is 146 g/mol. The second-order valence-corrected chi connectivity index (χ2v) is 2.63. The molecule has 0 amide bonds. The van der Waals surface area contributed by atoms with E-state index in [1.165, 1.54) is 0 Å². The predicted molar refractivity (Wildman–Crippen MR) is 47.4 cm³/mol. The van der Waals surface area contributed by atoms with Crippen molar-refractivity contribution in [3.8, 4) is 0 Å². The van der Waals surface area contributed by atoms with E-state index in [0.717, 1.165) is 24.6 Å². The SMILES string of the molecule is CCC(=S)N(C)CCOC. The summed E-state index contributed by atoms with van der Waals surface area (Å²) >= 11 is 5.06. The molecule has 0 saturated carbocycles. The van der Waals surface area contributed by atoms with E-state index in [1.807, 2.05) is 11.9 Å². The van der Waals surface area contributed by atoms with Crippen molar-refractivity contribution in [2.75, 3.05) is 27.3 Å². The Balaban J connectivity index is 3.41. The molecule has 0 saturated heterocycles. The van der Waals surface area contributed by atoms with Crippen molar-refractivity contribution in [2.45, 2.75) is 13.3 Å². The van der Waals surface area contributed by atoms with E-state index >= 15 is 0 Å². The molecule has 0 radical (unpaired) electrons. The second kappa shape index (κ2) is 5.62. The van der Waals surface area contributed by atoms with Crippen LogP contribution in [-0.2, 0) is 4.74 Å². The molecule has 0 aromatic carbocycles. The van der Waals surface area contributed by atoms with Crippen LogP contribution in [0, 0.1) is 0 Å². The fraction of sp³-hybridized carbons (Fsp3) is 0.857. The first kappa shape index (κ1) is 9.85. The monoisotopic (exact) mass is 161 g/mol. The van der Waals surface area contributed by atoms with Crippen LogP contribution in [0.2, 0.25) is 0 Å². The van der Waals surface area contributed by atoms with Crippen molar-refractivity contribution in [3.05, 3.63) is 0 Å². The van der Waals surface area contributed by atoms with Crippen molar-refractivity contribution in [2.24, 2.45) is 0 Å². The van der Waals surface area contributed by atoms with Gasteiger partial charge in [0.05, 0.1) is 11.6 Å². The molecule has 0 atom stereocenters. The lowest BCUT2D eigenvalue weighted by molar-refractivity contribution is 0.183. The average molecular weight is 161 g/mol. The summed E-state index contributed by atoms with van der Waals surface area (Å²) in [5.41, 5.74) is 0. The summed E-state index contributed by atoms with van der Waals surface area (Å²) in [5.74, 6) is 0. The summed E-state index contributed by atoms with van der Waals surface area (Å²) in [4.78, 5) is 3.04. The zero-order chi connectivity index (χ0) is 7.98. The molecule has 60 valence electrons. The zero-order valence-corrected chi connectivity index (χ0v) is 7.70. The number of methoxy groups -OCH3 is 1. The second-order valence-electron chi connectivity index (χ2n) is 2.16. The molecular formula is C7H15NOS. The molecule has 10 heavy (non-hydrogen) atoms. The lowest BCUT2D eigenvalue weighted by atomic mass is 10.4. The molecule has 0 N–H and O–H groups in total. The van der Waals surface area contributed by atoms with Crippen LogP contribution in [0.1, 0.15) is 13.3 Å². The van der Waals surface area contributed by atoms with Crippen molar-refractivity contribution in [3.63, 3.8) is 0 Å². The Morgan fingerprint density at radius 1 is 1.60 bits per heavy atom. The molecule has 0 fully saturated rings. The molecule has 0 bridgehead atoms. The predicted octanol–water partition coefficient (Wildman–Crippen LogP) is 1.30. The molecule has 0 aromatic rings. The third-order valence-corrected chi connectivity index (χ3v) is 1.96. The highest BCUT2D eigenvalue weighted by molar-refractivity contribution is 7.80. The van der Waals surface area contributed by atoms with Crippen LogP contribution in [0.15, 0.2) is 0 Å². The lowest BCUT2D eigenvalue weighted by Crippen LogP contribution is -2.27. The number of likely N-dealkylation sites (N-methyl/N-ethyl adjacent to an activating group) is 1. The topological polar surface area (TPSA) is 12.5 Å². The molecule has 0 spiro atoms. The first-order valence-corrected chi connectivity index (χ1v) is 3.86. The van der Waals surface area contributed by atoms with Crippen molar-refractivity contribution < 1.29 is 4.74 Å². The molecule has 0 aliphatic rings. The summed E-state index contributed by atoms with van der Waals surface area (Å²) in [6, 6.07) is 0. The smallest absolute Gasteiger partial charge is 0.0774 e. The largest absolute Gasteiger partial charge is 0.383 e. The highest BCUT2D eigenvalue weighted by Gasteiger charge is 1.98. The Kier molecular flexibility index (Phi) is 5.54. The summed E-state index contributed by atoms with van der Waals surface area (Å²) in [6.07, 6.45) is 0.940. The Morgan fingerprint density at radius 3 is 2.60 bits per heavy atom. The van der Waals surface area contributed by atoms with Gasteiger partial charge in [-0.3, -0.25) is 0 Å². The van der Waals surface area contributed by atoms with Gasteiger partial charge in [-0.15, -0.1) is 0 Å². The van der Waals surface area contributed by atoms with E-state index in [-0.39, 0.29) is 0 Å². The molecule has 0 heterocycles. The Hall–Kier alpha value is -0.150. The van der Waals surface area contributed by atoms with Crippen LogP contribution >= 0.6 is 12.2 Å². The molecule has 0 aromatic heterocycles. The van der Waals surface area contributed by atoms with Gasteiger partial charge in [0.1, 0.15) is 0 Å². The van der Waals surface area contributed by atoms with Gasteiger partial charge < -0.3 is 9.64 Å². The van der Waals surface area contributed by atoms with E-state index in [9.17, 15) is 0 Å². The fourth-order valence-corrected chi connectivity index (χ4v) is 0.714. The summed E-state index contributed by atoms with van der Waals surface area (Å²) < 4.78 is 4.91. The van der Waals surface area contributed by atoms with Gasteiger partial charge in [-0.05, 0) is 6.42 Å². The first-order chi connectivity index (χ1) is 4.72. The van der Waals surface area contributed by atoms with Crippen LogP contribution in [0.25, 0.3) is 0 Å². The van der Waals surface area contributed by atoms with Gasteiger partial charge in [0, 0.05) is 20.7 Å². The standard InChI is InChI=1S/C7H15NOS/c1-4-7(10)8(2)5-6-9-3/h4-6H2,1-3H3. The quantitative estimate of drug-likeness (QED) is 0.577. The minimum absolute atomic E-state index is 0.747. The van der Waals surface area contributed by atoms with Gasteiger partial charge in [-0.2, -0.15) is 0 Å². The van der Waals surface area contributed by atoms with Crippen molar-refractivity contribution in [1.29, 1.82) is 0 Å². The van der Waals surface area contributed by atoms with Crippen LogP contribution < -0.4 is 0 Å². The zero-order valence-electron chi connectivity index (χ0n) is 6.89. The van der Waals surface area contributed by atoms with Gasteiger partial charge in [-0.25, -0.2) is 0 Å². The number of hydrogen-bond donors (Lipinski definition) is 0. The van der Waals surface area contributed by atoms with Crippen molar-refractivity contribution in [1.82, 2.24) is 4.90 Å². The van der Waals surface area contributed by atoms with Crippen molar-refractivity contribution >= 4 is 17.2 Å². The first-order valence-electron chi connectivity index (χ1n) is 3.45. The summed E-state index contributed by atoms with van der Waals surface area (Å²) in [7, 11) is 3.69. The Labute approximate surface area is 68.2 Å². The number of hydrogen-bond acceptors (Lipinski definition) is 2. The number of rotatable bonds is 4. The number of thiocarbonyl (C=S) groups is 1. The molecule has 2 nitrogen and oxygen atoms in total. The highest BCUT2D eigenvalue weighted by Crippen LogP contribution is 1.91. The minimum Gasteiger partial charge on any atom is -0.383 e. The maximum atomic E-state index is 5.06. The van der Waals surface area contributed by atoms with E-state index in [4.69, 9.17) is 17.0 Å². The molecule has 0 aliphatic heterocycles. The van der Waals surface area contributed by atoms with Gasteiger partial charge in [0.2, 0.25) is 0 Å². The average Bonchev–Trinajstić information content (AvgIpc) is 1.98. The maximum absolute atomic E-state index is 5.06. The number of ether oxygens (including phenoxy) is 1. The van der Waals surface area contributed by atoms with Crippen LogP contribution in [-0.4, -0.2) is 37.2 Å². The van der Waals surface area contributed by atoms with E-state index < -0.39 is 0 Å². The van der Waals surface area contributed by atoms with E-state index in [2.05, 4.69) is 6.92 Å². The van der Waals surface area contributed by atoms with Crippen LogP contribution in [0.4, 0.5) is 0 Å². The van der Waals surface area contributed by atoms with E-state index in [1.54, 1.807) is 7.11 Å².